The smallest absolute Gasteiger partial charge is 0.250 e. The second-order valence-corrected chi connectivity index (χ2v) is 6.43. The molecule has 2 rings (SSSR count). The van der Waals surface area contributed by atoms with Crippen molar-refractivity contribution in [3.8, 4) is 0 Å². The number of nitrogens with one attached hydrogen (secondary N) is 1. The van der Waals surface area contributed by atoms with Crippen molar-refractivity contribution in [2.75, 3.05) is 11.4 Å². The first-order valence-corrected chi connectivity index (χ1v) is 8.57. The molecule has 3 atom stereocenters. The van der Waals surface area contributed by atoms with Gasteiger partial charge < -0.3 is 10.6 Å². The summed E-state index contributed by atoms with van der Waals surface area (Å²) in [6.07, 6.45) is 5.30. The van der Waals surface area contributed by atoms with Crippen LogP contribution in [0, 0.1) is 5.92 Å². The average molecular weight is 329 g/mol. The van der Waals surface area contributed by atoms with Crippen molar-refractivity contribution in [2.45, 2.75) is 45.7 Å². The van der Waals surface area contributed by atoms with E-state index in [-0.39, 0.29) is 11.9 Å². The maximum absolute atomic E-state index is 12.6. The number of nitrogens with two attached hydrogens (primary N) is 1. The molecule has 0 aliphatic carbocycles. The maximum Gasteiger partial charge on any atom is 0.250 e. The predicted octanol–water partition coefficient (Wildman–Crippen LogP) is 2.01. The van der Waals surface area contributed by atoms with Crippen LogP contribution in [0.5, 0.6) is 0 Å². The Morgan fingerprint density at radius 1 is 1.33 bits per heavy atom. The highest BCUT2D eigenvalue weighted by molar-refractivity contribution is 6.02. The first kappa shape index (κ1) is 18.2. The van der Waals surface area contributed by atoms with Crippen LogP contribution in [0.2, 0.25) is 0 Å². The van der Waals surface area contributed by atoms with Crippen molar-refractivity contribution in [3.05, 3.63) is 42.0 Å². The molecule has 5 heteroatoms. The van der Waals surface area contributed by atoms with Gasteiger partial charge in [-0.3, -0.25) is 14.9 Å². The zero-order valence-electron chi connectivity index (χ0n) is 14.7. The number of carbonyl (C=O) groups excluding carboxylic acids is 2. The average Bonchev–Trinajstić information content (AvgIpc) is 3.01. The van der Waals surface area contributed by atoms with E-state index in [4.69, 9.17) is 5.73 Å². The maximum atomic E-state index is 12.6. The Labute approximate surface area is 143 Å². The number of nitrogens with zero attached hydrogens (tertiary/aromatic N) is 1. The molecule has 3 N–H and O–H groups in total. The van der Waals surface area contributed by atoms with Gasteiger partial charge in [0.25, 0.3) is 5.91 Å². The minimum atomic E-state index is -0.434. The zero-order valence-corrected chi connectivity index (χ0v) is 14.7. The van der Waals surface area contributed by atoms with Crippen LogP contribution in [-0.4, -0.2) is 30.4 Å². The van der Waals surface area contributed by atoms with Crippen LogP contribution in [0.25, 0.3) is 0 Å². The Bertz CT molecular complexity index is 627. The van der Waals surface area contributed by atoms with Gasteiger partial charge in [0.2, 0.25) is 5.91 Å². The summed E-state index contributed by atoms with van der Waals surface area (Å²) in [6, 6.07) is 7.48. The molecule has 0 bridgehead atoms. The molecule has 0 spiro atoms. The number of fused-ring (bicyclic) bond motifs is 1. The molecule has 1 aliphatic heterocycles. The second kappa shape index (κ2) is 8.11. The molecule has 2 amide bonds. The SMILES string of the molecule is CC[C@H](C)[C@@H](C=CC(=O)N1CCc2ccccc21)N[C@@H](C)C(N)=O. The van der Waals surface area contributed by atoms with Crippen LogP contribution in [0.4, 0.5) is 5.69 Å². The lowest BCUT2D eigenvalue weighted by Crippen LogP contribution is -2.46. The fraction of sp³-hybridized carbons (Fsp3) is 0.474. The normalized spacial score (nSPS) is 17.5. The first-order chi connectivity index (χ1) is 11.4. The third-order valence-corrected chi connectivity index (χ3v) is 4.73. The fourth-order valence-electron chi connectivity index (χ4n) is 2.88. The van der Waals surface area contributed by atoms with Gasteiger partial charge in [-0.05, 0) is 30.9 Å². The summed E-state index contributed by atoms with van der Waals surface area (Å²) >= 11 is 0. The molecule has 0 aromatic heterocycles. The van der Waals surface area contributed by atoms with E-state index >= 15 is 0 Å². The summed E-state index contributed by atoms with van der Waals surface area (Å²) in [5, 5.41) is 3.20. The van der Waals surface area contributed by atoms with Gasteiger partial charge in [0.05, 0.1) is 6.04 Å². The molecule has 130 valence electrons. The van der Waals surface area contributed by atoms with Gasteiger partial charge in [0, 0.05) is 24.4 Å². The van der Waals surface area contributed by atoms with Gasteiger partial charge in [-0.2, -0.15) is 0 Å². The van der Waals surface area contributed by atoms with Gasteiger partial charge in [-0.25, -0.2) is 0 Å². The molecule has 0 unspecified atom stereocenters. The number of carbonyl (C=O) groups is 2. The highest BCUT2D eigenvalue weighted by atomic mass is 16.2. The third kappa shape index (κ3) is 4.23. The standard InChI is InChI=1S/C19H27N3O2/c1-4-13(2)16(21-14(3)19(20)24)9-10-18(23)22-12-11-15-7-5-6-8-17(15)22/h5-10,13-14,16,21H,4,11-12H2,1-3H3,(H2,20,24)/t13-,14-,16+/m0/s1. The van der Waals surface area contributed by atoms with Crippen LogP contribution in [0.15, 0.2) is 36.4 Å². The van der Waals surface area contributed by atoms with Crippen molar-refractivity contribution >= 4 is 17.5 Å². The van der Waals surface area contributed by atoms with Gasteiger partial charge >= 0.3 is 0 Å². The molecule has 1 aromatic carbocycles. The van der Waals surface area contributed by atoms with E-state index < -0.39 is 11.9 Å². The van der Waals surface area contributed by atoms with Crippen LogP contribution in [0.1, 0.15) is 32.8 Å². The van der Waals surface area contributed by atoms with E-state index in [1.165, 1.54) is 5.56 Å². The molecule has 0 radical (unpaired) electrons. The number of hydrogen-bond acceptors (Lipinski definition) is 3. The van der Waals surface area contributed by atoms with Gasteiger partial charge in [0.15, 0.2) is 0 Å². The Balaban J connectivity index is 2.08. The largest absolute Gasteiger partial charge is 0.368 e. The zero-order chi connectivity index (χ0) is 17.7. The van der Waals surface area contributed by atoms with Crippen molar-refractivity contribution in [3.63, 3.8) is 0 Å². The van der Waals surface area contributed by atoms with Gasteiger partial charge in [-0.1, -0.05) is 44.5 Å². The fourth-order valence-corrected chi connectivity index (χ4v) is 2.88. The quantitative estimate of drug-likeness (QED) is 0.751. The lowest BCUT2D eigenvalue weighted by molar-refractivity contribution is -0.119. The van der Waals surface area contributed by atoms with Crippen LogP contribution in [0.3, 0.4) is 0 Å². The molecule has 5 nitrogen and oxygen atoms in total. The van der Waals surface area contributed by atoms with E-state index in [1.54, 1.807) is 17.9 Å². The summed E-state index contributed by atoms with van der Waals surface area (Å²) in [4.78, 5) is 25.7. The van der Waals surface area contributed by atoms with Crippen LogP contribution >= 0.6 is 0 Å². The summed E-state index contributed by atoms with van der Waals surface area (Å²) in [7, 11) is 0. The van der Waals surface area contributed by atoms with E-state index in [1.807, 2.05) is 24.3 Å². The lowest BCUT2D eigenvalue weighted by atomic mass is 9.97. The van der Waals surface area contributed by atoms with E-state index in [9.17, 15) is 9.59 Å². The van der Waals surface area contributed by atoms with Crippen molar-refractivity contribution in [1.82, 2.24) is 5.32 Å². The molecule has 0 saturated heterocycles. The Morgan fingerprint density at radius 3 is 2.71 bits per heavy atom. The molecule has 1 aromatic rings. The highest BCUT2D eigenvalue weighted by Crippen LogP contribution is 2.27. The number of benzene rings is 1. The van der Waals surface area contributed by atoms with Crippen molar-refractivity contribution in [2.24, 2.45) is 11.7 Å². The predicted molar refractivity (Wildman–Crippen MR) is 96.7 cm³/mol. The van der Waals surface area contributed by atoms with E-state index in [2.05, 4.69) is 25.2 Å². The second-order valence-electron chi connectivity index (χ2n) is 6.43. The van der Waals surface area contributed by atoms with E-state index in [0.29, 0.717) is 12.5 Å². The number of primary amides is 1. The summed E-state index contributed by atoms with van der Waals surface area (Å²) in [5.41, 5.74) is 7.53. The van der Waals surface area contributed by atoms with Crippen LogP contribution in [-0.2, 0) is 16.0 Å². The molecule has 1 aliphatic rings. The molecular weight excluding hydrogens is 302 g/mol. The minimum Gasteiger partial charge on any atom is -0.368 e. The molecule has 24 heavy (non-hydrogen) atoms. The van der Waals surface area contributed by atoms with Gasteiger partial charge in [0.1, 0.15) is 0 Å². The Kier molecular flexibility index (Phi) is 6.15. The summed E-state index contributed by atoms with van der Waals surface area (Å²) in [5.74, 6) is -0.125. The Morgan fingerprint density at radius 2 is 2.04 bits per heavy atom. The third-order valence-electron chi connectivity index (χ3n) is 4.73. The monoisotopic (exact) mass is 329 g/mol. The topological polar surface area (TPSA) is 75.4 Å². The molecule has 0 saturated carbocycles. The molecule has 1 heterocycles. The van der Waals surface area contributed by atoms with Crippen LogP contribution < -0.4 is 16.0 Å². The highest BCUT2D eigenvalue weighted by Gasteiger charge is 2.23. The Hall–Kier alpha value is -2.14. The summed E-state index contributed by atoms with van der Waals surface area (Å²) in [6.45, 7) is 6.62. The van der Waals surface area contributed by atoms with E-state index in [0.717, 1.165) is 18.5 Å². The minimum absolute atomic E-state index is 0.0261. The number of anilines is 1. The number of para-hydroxylation sites is 1. The first-order valence-electron chi connectivity index (χ1n) is 8.57. The van der Waals surface area contributed by atoms with Crippen molar-refractivity contribution in [1.29, 1.82) is 0 Å². The van der Waals surface area contributed by atoms with Gasteiger partial charge in [-0.15, -0.1) is 0 Å². The molecular formula is C19H27N3O2. The molecule has 0 fully saturated rings. The number of amides is 2. The van der Waals surface area contributed by atoms with Crippen molar-refractivity contribution < 1.29 is 9.59 Å². The number of hydrogen-bond donors (Lipinski definition) is 2. The lowest BCUT2D eigenvalue weighted by Gasteiger charge is -2.24. The summed E-state index contributed by atoms with van der Waals surface area (Å²) < 4.78 is 0. The number of rotatable bonds is 7.